The highest BCUT2D eigenvalue weighted by molar-refractivity contribution is 9.11. The van der Waals surface area contributed by atoms with E-state index < -0.39 is 0 Å². The highest BCUT2D eigenvalue weighted by Crippen LogP contribution is 2.39. The van der Waals surface area contributed by atoms with Crippen LogP contribution in [0.1, 0.15) is 24.3 Å². The van der Waals surface area contributed by atoms with Gasteiger partial charge in [-0.05, 0) is 30.4 Å². The molecule has 1 aliphatic carbocycles. The topological polar surface area (TPSA) is 12.0 Å². The van der Waals surface area contributed by atoms with Gasteiger partial charge in [0, 0.05) is 22.1 Å². The quantitative estimate of drug-likeness (QED) is 0.883. The Hall–Kier alpha value is -0.310. The Morgan fingerprint density at radius 3 is 2.75 bits per heavy atom. The lowest BCUT2D eigenvalue weighted by Gasteiger charge is -2.36. The first-order valence-corrected chi connectivity index (χ1v) is 6.65. The van der Waals surface area contributed by atoms with Crippen molar-refractivity contribution in [1.29, 1.82) is 0 Å². The average Bonchev–Trinajstić information content (AvgIpc) is 2.17. The second-order valence-corrected chi connectivity index (χ2v) is 5.81. The van der Waals surface area contributed by atoms with E-state index in [1.807, 2.05) is 12.1 Å². The van der Waals surface area contributed by atoms with Crippen LogP contribution in [0.15, 0.2) is 35.3 Å². The summed E-state index contributed by atoms with van der Waals surface area (Å²) in [5.41, 5.74) is 1.29. The molecule has 0 amide bonds. The van der Waals surface area contributed by atoms with Gasteiger partial charge in [-0.15, -0.1) is 0 Å². The summed E-state index contributed by atoms with van der Waals surface area (Å²) in [4.78, 5) is 0. The molecule has 1 saturated carbocycles. The molecule has 0 atom stereocenters. The fourth-order valence-corrected chi connectivity index (χ4v) is 2.55. The summed E-state index contributed by atoms with van der Waals surface area (Å²) in [7, 11) is 0. The van der Waals surface area contributed by atoms with Crippen molar-refractivity contribution < 1.29 is 0 Å². The maximum Gasteiger partial charge on any atom is 0.0440 e. The summed E-state index contributed by atoms with van der Waals surface area (Å²) in [6, 6.07) is 8.75. The van der Waals surface area contributed by atoms with Crippen LogP contribution < -0.4 is 5.32 Å². The van der Waals surface area contributed by atoms with Gasteiger partial charge >= 0.3 is 0 Å². The smallest absolute Gasteiger partial charge is 0.0440 e. The summed E-state index contributed by atoms with van der Waals surface area (Å²) in [5, 5.41) is 4.35. The van der Waals surface area contributed by atoms with Gasteiger partial charge in [0.1, 0.15) is 0 Å². The minimum Gasteiger partial charge on any atom is -0.309 e. The van der Waals surface area contributed by atoms with Crippen LogP contribution in [0.3, 0.4) is 0 Å². The molecule has 1 nitrogen and oxygen atoms in total. The minimum absolute atomic E-state index is 0.607. The number of nitrogens with one attached hydrogen (secondary N) is 1. The second-order valence-electron chi connectivity index (χ2n) is 4.28. The number of halogens is 2. The van der Waals surface area contributed by atoms with Gasteiger partial charge < -0.3 is 5.32 Å². The zero-order valence-electron chi connectivity index (χ0n) is 9.05. The van der Waals surface area contributed by atoms with Gasteiger partial charge in [0.2, 0.25) is 0 Å². The van der Waals surface area contributed by atoms with E-state index in [-0.39, 0.29) is 0 Å². The number of benzene rings is 1. The van der Waals surface area contributed by atoms with E-state index in [9.17, 15) is 0 Å². The monoisotopic (exact) mass is 299 g/mol. The Morgan fingerprint density at radius 1 is 1.44 bits per heavy atom. The normalized spacial score (nSPS) is 23.9. The fourth-order valence-electron chi connectivity index (χ4n) is 2.10. The molecule has 1 aromatic rings. The summed E-state index contributed by atoms with van der Waals surface area (Å²) in [6.45, 7) is 4.66. The lowest BCUT2D eigenvalue weighted by Crippen LogP contribution is -2.40. The van der Waals surface area contributed by atoms with Crippen LogP contribution in [-0.4, -0.2) is 12.6 Å². The molecule has 0 radical (unpaired) electrons. The van der Waals surface area contributed by atoms with Crippen molar-refractivity contribution in [3.63, 3.8) is 0 Å². The lowest BCUT2D eigenvalue weighted by atomic mass is 9.76. The van der Waals surface area contributed by atoms with E-state index in [0.717, 1.165) is 16.0 Å². The summed E-state index contributed by atoms with van der Waals surface area (Å²) < 4.78 is 1.01. The van der Waals surface area contributed by atoms with Crippen LogP contribution in [0.25, 0.3) is 0 Å². The van der Waals surface area contributed by atoms with Gasteiger partial charge in [-0.25, -0.2) is 0 Å². The van der Waals surface area contributed by atoms with Crippen molar-refractivity contribution in [2.45, 2.75) is 24.8 Å². The lowest BCUT2D eigenvalue weighted by molar-refractivity contribution is 0.299. The molecule has 3 heteroatoms. The average molecular weight is 301 g/mol. The molecule has 2 rings (SSSR count). The van der Waals surface area contributed by atoms with Crippen molar-refractivity contribution in [3.8, 4) is 0 Å². The third-order valence-corrected chi connectivity index (χ3v) is 3.69. The minimum atomic E-state index is 0.607. The largest absolute Gasteiger partial charge is 0.309 e. The molecule has 0 aliphatic heterocycles. The Labute approximate surface area is 110 Å². The van der Waals surface area contributed by atoms with Crippen molar-refractivity contribution in [2.24, 2.45) is 0 Å². The van der Waals surface area contributed by atoms with E-state index in [1.54, 1.807) is 0 Å². The molecule has 0 spiro atoms. The van der Waals surface area contributed by atoms with Crippen LogP contribution >= 0.6 is 27.5 Å². The maximum absolute atomic E-state index is 6.16. The second kappa shape index (κ2) is 5.35. The molecule has 1 aliphatic rings. The van der Waals surface area contributed by atoms with E-state index >= 15 is 0 Å². The van der Waals surface area contributed by atoms with Crippen LogP contribution in [0.2, 0.25) is 5.02 Å². The number of hydrogen-bond acceptors (Lipinski definition) is 1. The third kappa shape index (κ3) is 2.88. The predicted octanol–water partition coefficient (Wildman–Crippen LogP) is 4.08. The standard InChI is InChI=1S/C13H15BrClN/c1-9(14)8-16-11-6-10(7-11)12-4-2-3-5-13(12)15/h2-5,10-11,16H,1,6-8H2. The van der Waals surface area contributed by atoms with E-state index in [4.69, 9.17) is 11.6 Å². The summed E-state index contributed by atoms with van der Waals surface area (Å²) in [6.07, 6.45) is 2.34. The first-order chi connectivity index (χ1) is 7.66. The summed E-state index contributed by atoms with van der Waals surface area (Å²) in [5.74, 6) is 0.620. The summed E-state index contributed by atoms with van der Waals surface area (Å²) >= 11 is 9.51. The SMILES string of the molecule is C=C(Br)CNC1CC(c2ccccc2Cl)C1. The molecule has 0 saturated heterocycles. The maximum atomic E-state index is 6.16. The molecule has 0 unspecified atom stereocenters. The Kier molecular flexibility index (Phi) is 4.06. The fraction of sp³-hybridized carbons (Fsp3) is 0.385. The molecule has 86 valence electrons. The van der Waals surface area contributed by atoms with E-state index in [0.29, 0.717) is 12.0 Å². The molecule has 0 heterocycles. The third-order valence-electron chi connectivity index (χ3n) is 3.07. The van der Waals surface area contributed by atoms with Crippen LogP contribution in [0.5, 0.6) is 0 Å². The van der Waals surface area contributed by atoms with Gasteiger partial charge in [0.15, 0.2) is 0 Å². The molecular weight excluding hydrogens is 286 g/mol. The van der Waals surface area contributed by atoms with E-state index in [2.05, 4.69) is 40.0 Å². The Bertz CT molecular complexity index is 385. The van der Waals surface area contributed by atoms with Crippen molar-refractivity contribution in [3.05, 3.63) is 45.9 Å². The molecular formula is C13H15BrClN. The predicted molar refractivity (Wildman–Crippen MR) is 73.3 cm³/mol. The zero-order chi connectivity index (χ0) is 11.5. The first kappa shape index (κ1) is 12.2. The molecule has 0 bridgehead atoms. The van der Waals surface area contributed by atoms with Crippen LogP contribution in [-0.2, 0) is 0 Å². The van der Waals surface area contributed by atoms with Gasteiger partial charge in [-0.3, -0.25) is 0 Å². The van der Waals surface area contributed by atoms with Gasteiger partial charge in [-0.2, -0.15) is 0 Å². The van der Waals surface area contributed by atoms with Gasteiger partial charge in [-0.1, -0.05) is 52.3 Å². The number of rotatable bonds is 4. The molecule has 0 aromatic heterocycles. The first-order valence-electron chi connectivity index (χ1n) is 5.48. The van der Waals surface area contributed by atoms with E-state index in [1.165, 1.54) is 18.4 Å². The Balaban J connectivity index is 1.84. The molecule has 1 N–H and O–H groups in total. The van der Waals surface area contributed by atoms with Crippen molar-refractivity contribution in [1.82, 2.24) is 5.32 Å². The van der Waals surface area contributed by atoms with Crippen LogP contribution in [0, 0.1) is 0 Å². The Morgan fingerprint density at radius 2 is 2.12 bits per heavy atom. The van der Waals surface area contributed by atoms with Gasteiger partial charge in [0.25, 0.3) is 0 Å². The van der Waals surface area contributed by atoms with Crippen molar-refractivity contribution >= 4 is 27.5 Å². The molecule has 1 fully saturated rings. The van der Waals surface area contributed by atoms with Gasteiger partial charge in [0.05, 0.1) is 0 Å². The molecule has 1 aromatic carbocycles. The number of hydrogen-bond donors (Lipinski definition) is 1. The highest BCUT2D eigenvalue weighted by Gasteiger charge is 2.30. The molecule has 16 heavy (non-hydrogen) atoms. The zero-order valence-corrected chi connectivity index (χ0v) is 11.4. The van der Waals surface area contributed by atoms with Crippen molar-refractivity contribution in [2.75, 3.05) is 6.54 Å². The van der Waals surface area contributed by atoms with Crippen LogP contribution in [0.4, 0.5) is 0 Å². The highest BCUT2D eigenvalue weighted by atomic mass is 79.9.